The summed E-state index contributed by atoms with van der Waals surface area (Å²) in [5, 5.41) is 11.5. The first-order chi connectivity index (χ1) is 8.15. The van der Waals surface area contributed by atoms with Crippen LogP contribution in [0.25, 0.3) is 10.8 Å². The number of carbonyl (C=O) groups is 1. The lowest BCUT2D eigenvalue weighted by atomic mass is 9.91. The normalized spacial score (nSPS) is 17.0. The third-order valence-electron chi connectivity index (χ3n) is 3.53. The molecule has 0 bridgehead atoms. The minimum atomic E-state index is -0.708. The fourth-order valence-corrected chi connectivity index (χ4v) is 3.01. The Morgan fingerprint density at radius 2 is 1.82 bits per heavy atom. The second-order valence-corrected chi connectivity index (χ2v) is 5.39. The van der Waals surface area contributed by atoms with E-state index >= 15 is 0 Å². The number of benzene rings is 2. The van der Waals surface area contributed by atoms with Crippen molar-refractivity contribution >= 4 is 32.7 Å². The Kier molecular flexibility index (Phi) is 2.26. The Morgan fingerprint density at radius 3 is 2.41 bits per heavy atom. The lowest BCUT2D eigenvalue weighted by Gasteiger charge is -2.14. The summed E-state index contributed by atoms with van der Waals surface area (Å²) in [6.07, 6.45) is 1.48. The molecular formula is C14H11BrO2. The first-order valence-corrected chi connectivity index (χ1v) is 6.35. The fourth-order valence-electron chi connectivity index (χ4n) is 2.42. The van der Waals surface area contributed by atoms with Crippen molar-refractivity contribution in [2.24, 2.45) is 0 Å². The van der Waals surface area contributed by atoms with E-state index < -0.39 is 11.4 Å². The molecule has 0 heterocycles. The lowest BCUT2D eigenvalue weighted by Crippen LogP contribution is -2.19. The predicted octanol–water partition coefficient (Wildman–Crippen LogP) is 3.72. The third kappa shape index (κ3) is 1.49. The van der Waals surface area contributed by atoms with Crippen LogP contribution in [0.4, 0.5) is 0 Å². The van der Waals surface area contributed by atoms with Crippen molar-refractivity contribution in [2.45, 2.75) is 18.3 Å². The van der Waals surface area contributed by atoms with Gasteiger partial charge in [-0.2, -0.15) is 0 Å². The van der Waals surface area contributed by atoms with Crippen molar-refractivity contribution in [1.29, 1.82) is 0 Å². The molecule has 86 valence electrons. The summed E-state index contributed by atoms with van der Waals surface area (Å²) in [7, 11) is 0. The summed E-state index contributed by atoms with van der Waals surface area (Å²) in [5.41, 5.74) is 0.290. The Balaban J connectivity index is 2.34. The minimum absolute atomic E-state index is 0.649. The van der Waals surface area contributed by atoms with Crippen LogP contribution in [0, 0.1) is 0 Å². The number of carboxylic acids is 1. The molecule has 0 aromatic heterocycles. The van der Waals surface area contributed by atoms with E-state index in [1.54, 1.807) is 0 Å². The van der Waals surface area contributed by atoms with Gasteiger partial charge in [0.15, 0.2) is 0 Å². The van der Waals surface area contributed by atoms with Crippen molar-refractivity contribution in [3.63, 3.8) is 0 Å². The van der Waals surface area contributed by atoms with Crippen LogP contribution in [0.5, 0.6) is 0 Å². The minimum Gasteiger partial charge on any atom is -0.481 e. The second kappa shape index (κ2) is 3.57. The summed E-state index contributed by atoms with van der Waals surface area (Å²) in [4.78, 5) is 11.4. The number of halogens is 1. The standard InChI is InChI=1S/C14H11BrO2/c15-11-6-2-4-9-3-1-5-10(12(9)11)14(7-8-14)13(16)17/h1-6H,7-8H2,(H,16,17). The number of carboxylic acid groups (broad SMARTS) is 1. The molecule has 1 fully saturated rings. The van der Waals surface area contributed by atoms with Crippen LogP contribution in [-0.4, -0.2) is 11.1 Å². The SMILES string of the molecule is O=C(O)C1(c2cccc3cccc(Br)c23)CC1. The molecule has 0 unspecified atom stereocenters. The molecular weight excluding hydrogens is 280 g/mol. The quantitative estimate of drug-likeness (QED) is 0.915. The van der Waals surface area contributed by atoms with Crippen molar-refractivity contribution in [3.8, 4) is 0 Å². The van der Waals surface area contributed by atoms with E-state index in [1.807, 2.05) is 36.4 Å². The van der Waals surface area contributed by atoms with Gasteiger partial charge in [-0.05, 0) is 29.9 Å². The molecule has 2 aromatic carbocycles. The Labute approximate surface area is 107 Å². The van der Waals surface area contributed by atoms with Crippen LogP contribution in [0.1, 0.15) is 18.4 Å². The lowest BCUT2D eigenvalue weighted by molar-refractivity contribution is -0.139. The number of aliphatic carboxylic acids is 1. The molecule has 1 aliphatic carbocycles. The Hall–Kier alpha value is -1.35. The van der Waals surface area contributed by atoms with E-state index in [1.165, 1.54) is 0 Å². The Morgan fingerprint density at radius 1 is 1.18 bits per heavy atom. The number of hydrogen-bond acceptors (Lipinski definition) is 1. The molecule has 2 nitrogen and oxygen atoms in total. The number of fused-ring (bicyclic) bond motifs is 1. The molecule has 0 amide bonds. The Bertz CT molecular complexity index is 609. The van der Waals surface area contributed by atoms with Crippen LogP contribution < -0.4 is 0 Å². The predicted molar refractivity (Wildman–Crippen MR) is 70.2 cm³/mol. The maximum absolute atomic E-state index is 11.4. The van der Waals surface area contributed by atoms with Gasteiger partial charge in [0.2, 0.25) is 0 Å². The summed E-state index contributed by atoms with van der Waals surface area (Å²) in [6, 6.07) is 11.8. The van der Waals surface area contributed by atoms with Crippen LogP contribution in [0.2, 0.25) is 0 Å². The van der Waals surface area contributed by atoms with Crippen molar-refractivity contribution in [3.05, 3.63) is 46.4 Å². The molecule has 1 N–H and O–H groups in total. The molecule has 3 rings (SSSR count). The zero-order chi connectivity index (χ0) is 12.0. The molecule has 1 saturated carbocycles. The molecule has 0 radical (unpaired) electrons. The van der Waals surface area contributed by atoms with Crippen LogP contribution in [0.3, 0.4) is 0 Å². The van der Waals surface area contributed by atoms with Gasteiger partial charge < -0.3 is 5.11 Å². The van der Waals surface area contributed by atoms with Gasteiger partial charge in [-0.15, -0.1) is 0 Å². The van der Waals surface area contributed by atoms with Gasteiger partial charge >= 0.3 is 5.97 Å². The first-order valence-electron chi connectivity index (χ1n) is 5.56. The van der Waals surface area contributed by atoms with E-state index in [0.717, 1.165) is 33.7 Å². The van der Waals surface area contributed by atoms with Gasteiger partial charge in [-0.25, -0.2) is 0 Å². The molecule has 0 spiro atoms. The monoisotopic (exact) mass is 290 g/mol. The van der Waals surface area contributed by atoms with Gasteiger partial charge in [0.25, 0.3) is 0 Å². The third-order valence-corrected chi connectivity index (χ3v) is 4.19. The summed E-state index contributed by atoms with van der Waals surface area (Å²) in [5.74, 6) is -0.708. The highest BCUT2D eigenvalue weighted by Crippen LogP contribution is 2.51. The maximum Gasteiger partial charge on any atom is 0.314 e. The smallest absolute Gasteiger partial charge is 0.314 e. The second-order valence-electron chi connectivity index (χ2n) is 4.53. The van der Waals surface area contributed by atoms with Gasteiger partial charge in [-0.1, -0.05) is 46.3 Å². The maximum atomic E-state index is 11.4. The molecule has 0 saturated heterocycles. The summed E-state index contributed by atoms with van der Waals surface area (Å²) >= 11 is 3.52. The molecule has 1 aliphatic rings. The largest absolute Gasteiger partial charge is 0.481 e. The van der Waals surface area contributed by atoms with Crippen LogP contribution in [-0.2, 0) is 10.2 Å². The zero-order valence-electron chi connectivity index (χ0n) is 9.11. The van der Waals surface area contributed by atoms with E-state index in [9.17, 15) is 9.90 Å². The van der Waals surface area contributed by atoms with Crippen molar-refractivity contribution < 1.29 is 9.90 Å². The van der Waals surface area contributed by atoms with E-state index in [-0.39, 0.29) is 0 Å². The highest BCUT2D eigenvalue weighted by molar-refractivity contribution is 9.10. The highest BCUT2D eigenvalue weighted by atomic mass is 79.9. The average molecular weight is 291 g/mol. The molecule has 17 heavy (non-hydrogen) atoms. The van der Waals surface area contributed by atoms with Gasteiger partial charge in [0.1, 0.15) is 0 Å². The van der Waals surface area contributed by atoms with Gasteiger partial charge in [0, 0.05) is 9.86 Å². The van der Waals surface area contributed by atoms with E-state index in [0.29, 0.717) is 0 Å². The van der Waals surface area contributed by atoms with Crippen LogP contribution in [0.15, 0.2) is 40.9 Å². The fraction of sp³-hybridized carbons (Fsp3) is 0.214. The molecule has 0 aliphatic heterocycles. The van der Waals surface area contributed by atoms with Crippen molar-refractivity contribution in [1.82, 2.24) is 0 Å². The molecule has 0 atom stereocenters. The number of rotatable bonds is 2. The summed E-state index contributed by atoms with van der Waals surface area (Å²) < 4.78 is 0.970. The topological polar surface area (TPSA) is 37.3 Å². The van der Waals surface area contributed by atoms with Gasteiger partial charge in [0.05, 0.1) is 5.41 Å². The zero-order valence-corrected chi connectivity index (χ0v) is 10.7. The first kappa shape index (κ1) is 10.8. The average Bonchev–Trinajstić information content (AvgIpc) is 3.10. The molecule has 2 aromatic rings. The highest BCUT2D eigenvalue weighted by Gasteiger charge is 2.52. The van der Waals surface area contributed by atoms with Crippen LogP contribution >= 0.6 is 15.9 Å². The van der Waals surface area contributed by atoms with Crippen molar-refractivity contribution in [2.75, 3.05) is 0 Å². The van der Waals surface area contributed by atoms with E-state index in [2.05, 4.69) is 15.9 Å². The number of hydrogen-bond donors (Lipinski definition) is 1. The van der Waals surface area contributed by atoms with E-state index in [4.69, 9.17) is 0 Å². The summed E-state index contributed by atoms with van der Waals surface area (Å²) in [6.45, 7) is 0. The molecule has 3 heteroatoms. The van der Waals surface area contributed by atoms with Gasteiger partial charge in [-0.3, -0.25) is 4.79 Å².